The predicted octanol–water partition coefficient (Wildman–Crippen LogP) is 3.48. The molecule has 0 saturated heterocycles. The molecule has 0 heterocycles. The van der Waals surface area contributed by atoms with Crippen LogP contribution >= 0.6 is 0 Å². The number of carbonyl (C=O) groups is 6. The number of carbonyl (C=O) groups excluding carboxylic acids is 6. The number of rotatable bonds is 20. The lowest BCUT2D eigenvalue weighted by Crippen LogP contribution is -2.39. The standard InChI is InChI=1S/C38H48N14O6/c39-25-27-8-1-10-29(22-27)49-35(55)45-18-4-14-41-33(53)43-16-6-20-47-37(57)51-31-12-3-13-32(24-31)52-38(58)48-21-7-17-44-34(54)42-15-5-19-46-36(56)50-30-11-2-9-28(23-30)26-40/h1-3,8-13,22-24H,4-7,14-21H2,(H2,41,43,53)(H2,42,44,54)(H2,45,49,55)(H2,46,50,56)(H2,47,51,57)(H2,48,52,58). The Hall–Kier alpha value is -7.74. The summed E-state index contributed by atoms with van der Waals surface area (Å²) in [5.41, 5.74) is 2.77. The summed E-state index contributed by atoms with van der Waals surface area (Å²) in [6.07, 6.45) is 1.94. The van der Waals surface area contributed by atoms with Crippen LogP contribution in [0.5, 0.6) is 0 Å². The van der Waals surface area contributed by atoms with Gasteiger partial charge in [0.2, 0.25) is 0 Å². The van der Waals surface area contributed by atoms with Crippen molar-refractivity contribution in [2.45, 2.75) is 25.7 Å². The molecule has 58 heavy (non-hydrogen) atoms. The average Bonchev–Trinajstić information content (AvgIpc) is 3.20. The molecule has 0 aliphatic heterocycles. The van der Waals surface area contributed by atoms with Crippen LogP contribution in [0.3, 0.4) is 0 Å². The summed E-state index contributed by atoms with van der Waals surface area (Å²) < 4.78 is 0. The second-order valence-corrected chi connectivity index (χ2v) is 12.3. The second-order valence-electron chi connectivity index (χ2n) is 12.3. The van der Waals surface area contributed by atoms with E-state index < -0.39 is 24.1 Å². The van der Waals surface area contributed by atoms with Crippen LogP contribution in [0.15, 0.2) is 72.8 Å². The van der Waals surface area contributed by atoms with Crippen molar-refractivity contribution in [3.8, 4) is 12.1 Å². The van der Waals surface area contributed by atoms with Gasteiger partial charge >= 0.3 is 36.2 Å². The Bertz CT molecular complexity index is 1800. The summed E-state index contributed by atoms with van der Waals surface area (Å²) in [5.74, 6) is 0. The number of hydrogen-bond acceptors (Lipinski definition) is 8. The van der Waals surface area contributed by atoms with Gasteiger partial charge in [-0.1, -0.05) is 18.2 Å². The average molecular weight is 797 g/mol. The quantitative estimate of drug-likeness (QED) is 0.0750. The molecular formula is C38H48N14O6. The highest BCUT2D eigenvalue weighted by Gasteiger charge is 2.07. The van der Waals surface area contributed by atoms with Gasteiger partial charge in [0.15, 0.2) is 0 Å². The van der Waals surface area contributed by atoms with Crippen LogP contribution in [0.25, 0.3) is 0 Å². The summed E-state index contributed by atoms with van der Waals surface area (Å²) in [6.45, 7) is 2.54. The van der Waals surface area contributed by atoms with Crippen molar-refractivity contribution >= 4 is 58.9 Å². The number of nitrogens with zero attached hydrogens (tertiary/aromatic N) is 2. The monoisotopic (exact) mass is 796 g/mol. The van der Waals surface area contributed by atoms with Gasteiger partial charge in [0, 0.05) is 75.1 Å². The normalized spacial score (nSPS) is 9.90. The van der Waals surface area contributed by atoms with Crippen LogP contribution in [-0.2, 0) is 0 Å². The van der Waals surface area contributed by atoms with E-state index in [1.807, 2.05) is 12.1 Å². The largest absolute Gasteiger partial charge is 0.338 e. The van der Waals surface area contributed by atoms with Crippen molar-refractivity contribution < 1.29 is 28.8 Å². The number of anilines is 4. The zero-order valence-corrected chi connectivity index (χ0v) is 31.8. The number of nitrogens with one attached hydrogen (secondary N) is 12. The van der Waals surface area contributed by atoms with E-state index in [2.05, 4.69) is 63.8 Å². The third-order valence-electron chi connectivity index (χ3n) is 7.58. The molecule has 306 valence electrons. The first kappa shape index (κ1) is 44.7. The maximum Gasteiger partial charge on any atom is 0.319 e. The Kier molecular flexibility index (Phi) is 20.1. The van der Waals surface area contributed by atoms with E-state index in [9.17, 15) is 28.8 Å². The molecule has 12 N–H and O–H groups in total. The number of nitriles is 2. The molecular weight excluding hydrogens is 749 g/mol. The summed E-state index contributed by atoms with van der Waals surface area (Å²) >= 11 is 0. The summed E-state index contributed by atoms with van der Waals surface area (Å²) in [4.78, 5) is 72.6. The highest BCUT2D eigenvalue weighted by atomic mass is 16.2. The Balaban J connectivity index is 1.14. The number of benzene rings is 3. The van der Waals surface area contributed by atoms with Gasteiger partial charge in [-0.2, -0.15) is 10.5 Å². The zero-order valence-electron chi connectivity index (χ0n) is 31.8. The smallest absolute Gasteiger partial charge is 0.319 e. The Morgan fingerprint density at radius 3 is 0.879 bits per heavy atom. The first-order chi connectivity index (χ1) is 28.1. The van der Waals surface area contributed by atoms with Crippen LogP contribution in [0.2, 0.25) is 0 Å². The first-order valence-corrected chi connectivity index (χ1v) is 18.5. The molecule has 0 aliphatic rings. The van der Waals surface area contributed by atoms with Gasteiger partial charge in [-0.3, -0.25) is 0 Å². The van der Waals surface area contributed by atoms with E-state index in [1.165, 1.54) is 0 Å². The molecule has 20 nitrogen and oxygen atoms in total. The fraction of sp³-hybridized carbons (Fsp3) is 0.316. The minimum atomic E-state index is -0.462. The first-order valence-electron chi connectivity index (χ1n) is 18.5. The maximum absolute atomic E-state index is 12.3. The molecule has 0 saturated carbocycles. The van der Waals surface area contributed by atoms with Gasteiger partial charge < -0.3 is 63.8 Å². The van der Waals surface area contributed by atoms with Gasteiger partial charge in [0.05, 0.1) is 23.3 Å². The van der Waals surface area contributed by atoms with Crippen molar-refractivity contribution in [2.75, 3.05) is 73.6 Å². The summed E-state index contributed by atoms with van der Waals surface area (Å²) in [7, 11) is 0. The van der Waals surface area contributed by atoms with Crippen molar-refractivity contribution in [2.24, 2.45) is 0 Å². The van der Waals surface area contributed by atoms with Crippen molar-refractivity contribution in [1.82, 2.24) is 42.5 Å². The van der Waals surface area contributed by atoms with E-state index in [-0.39, 0.29) is 12.1 Å². The number of urea groups is 6. The summed E-state index contributed by atoms with van der Waals surface area (Å²) in [6, 6.07) is 21.1. The van der Waals surface area contributed by atoms with Crippen LogP contribution in [0.4, 0.5) is 51.5 Å². The Morgan fingerprint density at radius 2 is 0.603 bits per heavy atom. The van der Waals surface area contributed by atoms with Gasteiger partial charge in [0.25, 0.3) is 0 Å². The molecule has 3 aromatic carbocycles. The number of hydrogen-bond donors (Lipinski definition) is 12. The van der Waals surface area contributed by atoms with Crippen molar-refractivity contribution in [3.05, 3.63) is 83.9 Å². The molecule has 0 spiro atoms. The van der Waals surface area contributed by atoms with Crippen LogP contribution in [0, 0.1) is 22.7 Å². The van der Waals surface area contributed by atoms with Crippen molar-refractivity contribution in [3.63, 3.8) is 0 Å². The van der Waals surface area contributed by atoms with Gasteiger partial charge in [-0.25, -0.2) is 28.8 Å². The SMILES string of the molecule is N#Cc1cccc(NC(=O)NCCCNC(=O)NCCCNC(=O)Nc2cccc(NC(=O)NCCCNC(=O)NCCCNC(=O)Nc3cccc(C#N)c3)c2)c1. The van der Waals surface area contributed by atoms with E-state index in [0.717, 1.165) is 0 Å². The molecule has 0 aliphatic carbocycles. The highest BCUT2D eigenvalue weighted by molar-refractivity contribution is 5.93. The molecule has 0 aromatic heterocycles. The van der Waals surface area contributed by atoms with Crippen LogP contribution in [-0.4, -0.2) is 88.5 Å². The fourth-order valence-corrected chi connectivity index (χ4v) is 4.80. The molecule has 0 atom stereocenters. The molecule has 12 amide bonds. The highest BCUT2D eigenvalue weighted by Crippen LogP contribution is 2.15. The minimum absolute atomic E-state index is 0.291. The molecule has 20 heteroatoms. The van der Waals surface area contributed by atoms with Gasteiger partial charge in [-0.15, -0.1) is 0 Å². The molecule has 0 radical (unpaired) electrons. The second kappa shape index (κ2) is 26.1. The fourth-order valence-electron chi connectivity index (χ4n) is 4.80. The predicted molar refractivity (Wildman–Crippen MR) is 218 cm³/mol. The lowest BCUT2D eigenvalue weighted by Gasteiger charge is -2.11. The lowest BCUT2D eigenvalue weighted by molar-refractivity contribution is 0.239. The molecule has 0 bridgehead atoms. The van der Waals surface area contributed by atoms with E-state index in [4.69, 9.17) is 10.5 Å². The molecule has 0 fully saturated rings. The Labute approximate surface area is 335 Å². The zero-order chi connectivity index (χ0) is 41.8. The third-order valence-corrected chi connectivity index (χ3v) is 7.58. The lowest BCUT2D eigenvalue weighted by atomic mass is 10.2. The Morgan fingerprint density at radius 1 is 0.362 bits per heavy atom. The summed E-state index contributed by atoms with van der Waals surface area (Å²) in [5, 5.41) is 50.0. The van der Waals surface area contributed by atoms with Crippen LogP contribution < -0.4 is 63.8 Å². The molecule has 3 rings (SSSR count). The van der Waals surface area contributed by atoms with E-state index in [0.29, 0.717) is 112 Å². The molecule has 0 unspecified atom stereocenters. The minimum Gasteiger partial charge on any atom is -0.338 e. The van der Waals surface area contributed by atoms with Gasteiger partial charge in [-0.05, 0) is 80.3 Å². The maximum atomic E-state index is 12.3. The van der Waals surface area contributed by atoms with E-state index >= 15 is 0 Å². The molecule has 3 aromatic rings. The van der Waals surface area contributed by atoms with Crippen molar-refractivity contribution in [1.29, 1.82) is 10.5 Å². The van der Waals surface area contributed by atoms with Crippen LogP contribution in [0.1, 0.15) is 36.8 Å². The topological polar surface area (TPSA) is 294 Å². The van der Waals surface area contributed by atoms with E-state index in [1.54, 1.807) is 72.8 Å². The number of amides is 12. The third kappa shape index (κ3) is 19.5. The van der Waals surface area contributed by atoms with Gasteiger partial charge in [0.1, 0.15) is 0 Å².